The van der Waals surface area contributed by atoms with E-state index in [1.807, 2.05) is 42.8 Å². The second kappa shape index (κ2) is 3.59. The number of nitrogen functional groups attached to an aromatic ring is 1. The first-order valence-corrected chi connectivity index (χ1v) is 5.04. The van der Waals surface area contributed by atoms with Gasteiger partial charge in [0.15, 0.2) is 0 Å². The van der Waals surface area contributed by atoms with E-state index in [4.69, 9.17) is 17.3 Å². The Hall–Kier alpha value is -1.48. The summed E-state index contributed by atoms with van der Waals surface area (Å²) in [4.78, 5) is 4.16. The van der Waals surface area contributed by atoms with E-state index < -0.39 is 0 Å². The number of halogens is 1. The highest BCUT2D eigenvalue weighted by atomic mass is 35.5. The van der Waals surface area contributed by atoms with Crippen LogP contribution in [0.4, 0.5) is 5.95 Å². The smallest absolute Gasteiger partial charge is 0.205 e. The zero-order valence-electron chi connectivity index (χ0n) is 8.66. The van der Waals surface area contributed by atoms with Gasteiger partial charge in [0.1, 0.15) is 0 Å². The van der Waals surface area contributed by atoms with Gasteiger partial charge in [-0.25, -0.2) is 4.98 Å². The predicted molar refractivity (Wildman–Crippen MR) is 62.5 cm³/mol. The summed E-state index contributed by atoms with van der Waals surface area (Å²) in [6.07, 6.45) is 1.90. The number of hydrogen-bond acceptors (Lipinski definition) is 2. The number of hydrogen-bond donors (Lipinski definition) is 1. The third-order valence-electron chi connectivity index (χ3n) is 2.35. The molecule has 0 saturated heterocycles. The fourth-order valence-electron chi connectivity index (χ4n) is 1.57. The van der Waals surface area contributed by atoms with Crippen LogP contribution >= 0.6 is 11.6 Å². The fraction of sp³-hybridized carbons (Fsp3) is 0.182. The van der Waals surface area contributed by atoms with Crippen molar-refractivity contribution < 1.29 is 0 Å². The van der Waals surface area contributed by atoms with Gasteiger partial charge in [-0.15, -0.1) is 0 Å². The van der Waals surface area contributed by atoms with E-state index in [0.29, 0.717) is 5.95 Å². The predicted octanol–water partition coefficient (Wildman–Crippen LogP) is 2.72. The maximum absolute atomic E-state index is 6.05. The van der Waals surface area contributed by atoms with E-state index in [0.717, 1.165) is 22.0 Å². The Labute approximate surface area is 93.5 Å². The number of aryl methyl sites for hydroxylation is 1. The average Bonchev–Trinajstić information content (AvgIpc) is 2.50. The molecule has 0 atom stereocenters. The number of nitrogens with zero attached hydrogens (tertiary/aromatic N) is 2. The fourth-order valence-corrected chi connectivity index (χ4v) is 1.74. The van der Waals surface area contributed by atoms with E-state index >= 15 is 0 Å². The Bertz CT molecular complexity index is 503. The van der Waals surface area contributed by atoms with Crippen LogP contribution in [0.2, 0.25) is 5.02 Å². The molecular formula is C11H12ClN3. The molecular weight excluding hydrogens is 210 g/mol. The van der Waals surface area contributed by atoms with Crippen molar-refractivity contribution in [3.63, 3.8) is 0 Å². The van der Waals surface area contributed by atoms with Crippen molar-refractivity contribution in [1.82, 2.24) is 9.55 Å². The van der Waals surface area contributed by atoms with Gasteiger partial charge in [-0.05, 0) is 31.5 Å². The molecule has 0 fully saturated rings. The summed E-state index contributed by atoms with van der Waals surface area (Å²) in [7, 11) is 0. The Morgan fingerprint density at radius 3 is 2.67 bits per heavy atom. The van der Waals surface area contributed by atoms with Gasteiger partial charge in [-0.2, -0.15) is 0 Å². The summed E-state index contributed by atoms with van der Waals surface area (Å²) in [6.45, 7) is 3.87. The van der Waals surface area contributed by atoms with E-state index in [-0.39, 0.29) is 0 Å². The first-order valence-electron chi connectivity index (χ1n) is 4.66. The van der Waals surface area contributed by atoms with Crippen LogP contribution in [0, 0.1) is 13.8 Å². The third-order valence-corrected chi connectivity index (χ3v) is 2.76. The van der Waals surface area contributed by atoms with Crippen LogP contribution in [0.3, 0.4) is 0 Å². The number of rotatable bonds is 1. The normalized spacial score (nSPS) is 10.6. The molecule has 0 unspecified atom stereocenters. The highest BCUT2D eigenvalue weighted by molar-refractivity contribution is 6.31. The van der Waals surface area contributed by atoms with Crippen molar-refractivity contribution in [3.8, 4) is 5.69 Å². The van der Waals surface area contributed by atoms with Gasteiger partial charge in [0.2, 0.25) is 5.95 Å². The lowest BCUT2D eigenvalue weighted by Gasteiger charge is -2.09. The highest BCUT2D eigenvalue weighted by Crippen LogP contribution is 2.24. The molecule has 0 aliphatic rings. The molecule has 15 heavy (non-hydrogen) atoms. The Morgan fingerprint density at radius 1 is 1.33 bits per heavy atom. The molecule has 0 aliphatic carbocycles. The van der Waals surface area contributed by atoms with Crippen molar-refractivity contribution in [2.75, 3.05) is 5.73 Å². The third kappa shape index (κ3) is 1.70. The Balaban J connectivity index is 2.64. The summed E-state index contributed by atoms with van der Waals surface area (Å²) in [5.41, 5.74) is 8.67. The van der Waals surface area contributed by atoms with Gasteiger partial charge in [-0.1, -0.05) is 17.7 Å². The van der Waals surface area contributed by atoms with Crippen LogP contribution in [0.5, 0.6) is 0 Å². The van der Waals surface area contributed by atoms with Crippen molar-refractivity contribution in [2.24, 2.45) is 0 Å². The molecule has 1 aromatic carbocycles. The van der Waals surface area contributed by atoms with Crippen LogP contribution in [0.25, 0.3) is 5.69 Å². The summed E-state index contributed by atoms with van der Waals surface area (Å²) >= 11 is 6.05. The lowest BCUT2D eigenvalue weighted by atomic mass is 10.2. The summed E-state index contributed by atoms with van der Waals surface area (Å²) in [5.74, 6) is 0.484. The van der Waals surface area contributed by atoms with Gasteiger partial charge >= 0.3 is 0 Å². The quantitative estimate of drug-likeness (QED) is 0.805. The summed E-state index contributed by atoms with van der Waals surface area (Å²) < 4.78 is 1.84. The van der Waals surface area contributed by atoms with Gasteiger partial charge in [-0.3, -0.25) is 4.57 Å². The number of imidazole rings is 1. The van der Waals surface area contributed by atoms with Gasteiger partial charge in [0.05, 0.1) is 11.4 Å². The van der Waals surface area contributed by atoms with Crippen LogP contribution in [-0.2, 0) is 0 Å². The molecule has 0 radical (unpaired) electrons. The minimum absolute atomic E-state index is 0.484. The Morgan fingerprint density at radius 2 is 2.07 bits per heavy atom. The molecule has 0 spiro atoms. The molecule has 0 amide bonds. The molecule has 0 bridgehead atoms. The van der Waals surface area contributed by atoms with Gasteiger partial charge in [0.25, 0.3) is 0 Å². The lowest BCUT2D eigenvalue weighted by Crippen LogP contribution is -2.01. The molecule has 4 heteroatoms. The monoisotopic (exact) mass is 221 g/mol. The van der Waals surface area contributed by atoms with Crippen molar-refractivity contribution in [2.45, 2.75) is 13.8 Å². The standard InChI is InChI=1S/C11H12ClN3/c1-7-6-15(11(13)14-7)10-5-3-4-9(12)8(10)2/h3-6H,1-2H3,(H2,13,14). The van der Waals surface area contributed by atoms with E-state index in [2.05, 4.69) is 4.98 Å². The number of nitrogens with two attached hydrogens (primary N) is 1. The molecule has 1 heterocycles. The highest BCUT2D eigenvalue weighted by Gasteiger charge is 2.08. The van der Waals surface area contributed by atoms with Crippen LogP contribution in [0.1, 0.15) is 11.3 Å². The second-order valence-electron chi connectivity index (χ2n) is 3.49. The zero-order chi connectivity index (χ0) is 11.0. The Kier molecular flexibility index (Phi) is 2.40. The van der Waals surface area contributed by atoms with Crippen molar-refractivity contribution >= 4 is 17.5 Å². The minimum atomic E-state index is 0.484. The van der Waals surface area contributed by atoms with Gasteiger partial charge < -0.3 is 5.73 Å². The number of benzene rings is 1. The SMILES string of the molecule is Cc1cn(-c2cccc(Cl)c2C)c(N)n1. The minimum Gasteiger partial charge on any atom is -0.369 e. The van der Waals surface area contributed by atoms with Crippen molar-refractivity contribution in [3.05, 3.63) is 40.7 Å². The van der Waals surface area contributed by atoms with Crippen LogP contribution in [-0.4, -0.2) is 9.55 Å². The molecule has 3 nitrogen and oxygen atoms in total. The molecule has 2 aromatic rings. The topological polar surface area (TPSA) is 43.8 Å². The van der Waals surface area contributed by atoms with Crippen molar-refractivity contribution in [1.29, 1.82) is 0 Å². The van der Waals surface area contributed by atoms with Crippen LogP contribution < -0.4 is 5.73 Å². The summed E-state index contributed by atoms with van der Waals surface area (Å²) in [5, 5.41) is 0.734. The maximum Gasteiger partial charge on any atom is 0.205 e. The first-order chi connectivity index (χ1) is 7.09. The number of aromatic nitrogens is 2. The molecule has 0 aliphatic heterocycles. The molecule has 78 valence electrons. The lowest BCUT2D eigenvalue weighted by molar-refractivity contribution is 1.06. The maximum atomic E-state index is 6.05. The van der Waals surface area contributed by atoms with E-state index in [1.165, 1.54) is 0 Å². The first kappa shape index (κ1) is 10.1. The zero-order valence-corrected chi connectivity index (χ0v) is 9.42. The molecule has 0 saturated carbocycles. The molecule has 2 rings (SSSR count). The molecule has 1 aromatic heterocycles. The second-order valence-corrected chi connectivity index (χ2v) is 3.90. The van der Waals surface area contributed by atoms with Gasteiger partial charge in [0, 0.05) is 11.2 Å². The number of anilines is 1. The van der Waals surface area contributed by atoms with E-state index in [1.54, 1.807) is 0 Å². The average molecular weight is 222 g/mol. The van der Waals surface area contributed by atoms with Crippen LogP contribution in [0.15, 0.2) is 24.4 Å². The molecule has 2 N–H and O–H groups in total. The summed E-state index contributed by atoms with van der Waals surface area (Å²) in [6, 6.07) is 5.73. The van der Waals surface area contributed by atoms with E-state index in [9.17, 15) is 0 Å². The largest absolute Gasteiger partial charge is 0.369 e.